The third-order valence-electron chi connectivity index (χ3n) is 2.40. The van der Waals surface area contributed by atoms with Gasteiger partial charge in [0.15, 0.2) is 0 Å². The molecule has 0 aliphatic heterocycles. The van der Waals surface area contributed by atoms with E-state index in [1.165, 1.54) is 0 Å². The number of methoxy groups -OCH3 is 1. The summed E-state index contributed by atoms with van der Waals surface area (Å²) in [5.41, 5.74) is 6.73. The summed E-state index contributed by atoms with van der Waals surface area (Å²) in [6.07, 6.45) is 0.505. The number of nitrogens with zero attached hydrogens (tertiary/aromatic N) is 2. The molecular weight excluding hydrogens is 298 g/mol. The molecule has 1 unspecified atom stereocenters. The first-order valence-electron chi connectivity index (χ1n) is 5.52. The summed E-state index contributed by atoms with van der Waals surface area (Å²) < 4.78 is 11.1. The molecule has 0 fully saturated rings. The first-order valence-corrected chi connectivity index (χ1v) is 6.32. The van der Waals surface area contributed by atoms with Crippen LogP contribution >= 0.6 is 15.9 Å². The zero-order valence-electron chi connectivity index (χ0n) is 9.97. The highest BCUT2D eigenvalue weighted by atomic mass is 79.9. The topological polar surface area (TPSA) is 74.2 Å². The van der Waals surface area contributed by atoms with Crippen LogP contribution in [-0.4, -0.2) is 29.9 Å². The minimum Gasteiger partial charge on any atom is -0.383 e. The van der Waals surface area contributed by atoms with E-state index in [1.807, 2.05) is 24.3 Å². The van der Waals surface area contributed by atoms with Gasteiger partial charge in [-0.3, -0.25) is 0 Å². The highest BCUT2D eigenvalue weighted by molar-refractivity contribution is 9.10. The van der Waals surface area contributed by atoms with E-state index in [2.05, 4.69) is 26.1 Å². The van der Waals surface area contributed by atoms with Crippen LogP contribution in [-0.2, 0) is 11.2 Å². The molecule has 2 N–H and O–H groups in total. The molecule has 0 saturated carbocycles. The molecule has 5 nitrogen and oxygen atoms in total. The van der Waals surface area contributed by atoms with Crippen LogP contribution in [0.15, 0.2) is 33.3 Å². The average molecular weight is 312 g/mol. The van der Waals surface area contributed by atoms with Crippen LogP contribution in [0.3, 0.4) is 0 Å². The van der Waals surface area contributed by atoms with Gasteiger partial charge in [0.25, 0.3) is 0 Å². The maximum atomic E-state index is 5.83. The second kappa shape index (κ2) is 6.08. The van der Waals surface area contributed by atoms with Gasteiger partial charge < -0.3 is 15.0 Å². The Bertz CT molecular complexity index is 516. The highest BCUT2D eigenvalue weighted by Gasteiger charge is 2.13. The monoisotopic (exact) mass is 311 g/mol. The molecule has 0 saturated heterocycles. The number of rotatable bonds is 5. The van der Waals surface area contributed by atoms with Crippen LogP contribution < -0.4 is 5.73 Å². The van der Waals surface area contributed by atoms with E-state index in [-0.39, 0.29) is 6.04 Å². The molecule has 1 heterocycles. The second-order valence-corrected chi connectivity index (χ2v) is 4.77. The molecule has 18 heavy (non-hydrogen) atoms. The van der Waals surface area contributed by atoms with Gasteiger partial charge in [0, 0.05) is 29.6 Å². The van der Waals surface area contributed by atoms with Crippen molar-refractivity contribution in [1.29, 1.82) is 0 Å². The fourth-order valence-corrected chi connectivity index (χ4v) is 2.05. The minimum atomic E-state index is -0.137. The number of ether oxygens (including phenoxy) is 1. The molecule has 0 spiro atoms. The van der Waals surface area contributed by atoms with Gasteiger partial charge in [-0.25, -0.2) is 0 Å². The summed E-state index contributed by atoms with van der Waals surface area (Å²) in [5, 5.41) is 3.95. The van der Waals surface area contributed by atoms with Gasteiger partial charge in [-0.2, -0.15) is 4.98 Å². The Balaban J connectivity index is 2.13. The third-order valence-corrected chi connectivity index (χ3v) is 3.09. The molecule has 0 amide bonds. The lowest BCUT2D eigenvalue weighted by molar-refractivity contribution is 0.176. The predicted octanol–water partition coefficient (Wildman–Crippen LogP) is 2.02. The maximum absolute atomic E-state index is 5.83. The van der Waals surface area contributed by atoms with Gasteiger partial charge in [-0.1, -0.05) is 33.2 Å². The number of hydrogen-bond acceptors (Lipinski definition) is 5. The molecule has 96 valence electrons. The summed E-state index contributed by atoms with van der Waals surface area (Å²) in [7, 11) is 1.61. The smallest absolute Gasteiger partial charge is 0.228 e. The molecule has 0 aliphatic carbocycles. The van der Waals surface area contributed by atoms with E-state index in [4.69, 9.17) is 15.0 Å². The molecule has 6 heteroatoms. The number of halogens is 1. The molecule has 0 radical (unpaired) electrons. The summed E-state index contributed by atoms with van der Waals surface area (Å²) in [4.78, 5) is 4.32. The lowest BCUT2D eigenvalue weighted by Crippen LogP contribution is -2.28. The van der Waals surface area contributed by atoms with Crippen LogP contribution in [0.1, 0.15) is 5.89 Å². The zero-order chi connectivity index (χ0) is 13.0. The van der Waals surface area contributed by atoms with Crippen molar-refractivity contribution < 1.29 is 9.26 Å². The lowest BCUT2D eigenvalue weighted by atomic mass is 10.2. The Morgan fingerprint density at radius 1 is 1.44 bits per heavy atom. The number of aromatic nitrogens is 2. The van der Waals surface area contributed by atoms with Crippen molar-refractivity contribution >= 4 is 15.9 Å². The molecule has 0 bridgehead atoms. The molecule has 1 atom stereocenters. The molecular formula is C12H14BrN3O2. The molecule has 2 rings (SSSR count). The van der Waals surface area contributed by atoms with E-state index < -0.39 is 0 Å². The Hall–Kier alpha value is -1.24. The van der Waals surface area contributed by atoms with E-state index in [1.54, 1.807) is 7.11 Å². The van der Waals surface area contributed by atoms with Crippen molar-refractivity contribution in [2.45, 2.75) is 12.5 Å². The van der Waals surface area contributed by atoms with Crippen LogP contribution in [0.25, 0.3) is 11.4 Å². The van der Waals surface area contributed by atoms with Crippen molar-refractivity contribution in [1.82, 2.24) is 10.1 Å². The van der Waals surface area contributed by atoms with Gasteiger partial charge in [-0.05, 0) is 12.1 Å². The largest absolute Gasteiger partial charge is 0.383 e. The SMILES string of the molecule is COCC(N)Cc1nc(-c2ccccc2Br)no1. The Morgan fingerprint density at radius 3 is 2.94 bits per heavy atom. The van der Waals surface area contributed by atoms with E-state index in [0.717, 1.165) is 10.0 Å². The van der Waals surface area contributed by atoms with Gasteiger partial charge in [-0.15, -0.1) is 0 Å². The number of nitrogens with two attached hydrogens (primary N) is 1. The van der Waals surface area contributed by atoms with Crippen molar-refractivity contribution in [2.24, 2.45) is 5.73 Å². The van der Waals surface area contributed by atoms with Crippen molar-refractivity contribution in [3.63, 3.8) is 0 Å². The van der Waals surface area contributed by atoms with Crippen molar-refractivity contribution in [2.75, 3.05) is 13.7 Å². The van der Waals surface area contributed by atoms with Crippen LogP contribution in [0.2, 0.25) is 0 Å². The van der Waals surface area contributed by atoms with E-state index in [0.29, 0.717) is 24.7 Å². The second-order valence-electron chi connectivity index (χ2n) is 3.91. The zero-order valence-corrected chi connectivity index (χ0v) is 11.6. The maximum Gasteiger partial charge on any atom is 0.228 e. The fraction of sp³-hybridized carbons (Fsp3) is 0.333. The van der Waals surface area contributed by atoms with E-state index in [9.17, 15) is 0 Å². The minimum absolute atomic E-state index is 0.137. The summed E-state index contributed by atoms with van der Waals surface area (Å²) >= 11 is 3.45. The summed E-state index contributed by atoms with van der Waals surface area (Å²) in [6.45, 7) is 0.465. The first-order chi connectivity index (χ1) is 8.70. The number of benzene rings is 1. The molecule has 1 aromatic heterocycles. The Morgan fingerprint density at radius 2 is 2.22 bits per heavy atom. The fourth-order valence-electron chi connectivity index (χ4n) is 1.59. The molecule has 2 aromatic rings. The van der Waals surface area contributed by atoms with Crippen LogP contribution in [0, 0.1) is 0 Å². The van der Waals surface area contributed by atoms with Gasteiger partial charge >= 0.3 is 0 Å². The standard InChI is InChI=1S/C12H14BrN3O2/c1-17-7-8(14)6-11-15-12(16-18-11)9-4-2-3-5-10(9)13/h2-5,8H,6-7,14H2,1H3. The highest BCUT2D eigenvalue weighted by Crippen LogP contribution is 2.25. The van der Waals surface area contributed by atoms with Crippen LogP contribution in [0.5, 0.6) is 0 Å². The molecule has 1 aromatic carbocycles. The number of hydrogen-bond donors (Lipinski definition) is 1. The molecule has 0 aliphatic rings. The third kappa shape index (κ3) is 3.16. The normalized spacial score (nSPS) is 12.6. The summed E-state index contributed by atoms with van der Waals surface area (Å²) in [6, 6.07) is 7.58. The van der Waals surface area contributed by atoms with E-state index >= 15 is 0 Å². The van der Waals surface area contributed by atoms with Crippen molar-refractivity contribution in [3.05, 3.63) is 34.6 Å². The van der Waals surface area contributed by atoms with Gasteiger partial charge in [0.1, 0.15) is 0 Å². The Kier molecular flexibility index (Phi) is 4.46. The van der Waals surface area contributed by atoms with Crippen molar-refractivity contribution in [3.8, 4) is 11.4 Å². The Labute approximate surface area is 113 Å². The predicted molar refractivity (Wildman–Crippen MR) is 71.0 cm³/mol. The first kappa shape index (κ1) is 13.2. The average Bonchev–Trinajstić information content (AvgIpc) is 2.78. The summed E-state index contributed by atoms with van der Waals surface area (Å²) in [5.74, 6) is 1.08. The van der Waals surface area contributed by atoms with Crippen LogP contribution in [0.4, 0.5) is 0 Å². The van der Waals surface area contributed by atoms with Gasteiger partial charge in [0.05, 0.1) is 6.61 Å². The van der Waals surface area contributed by atoms with Gasteiger partial charge in [0.2, 0.25) is 11.7 Å². The quantitative estimate of drug-likeness (QED) is 0.914. The lowest BCUT2D eigenvalue weighted by Gasteiger charge is -2.05.